The number of hydrogen-bond acceptors (Lipinski definition) is 0. The van der Waals surface area contributed by atoms with Crippen molar-refractivity contribution in [1.29, 1.82) is 0 Å². The van der Waals surface area contributed by atoms with Crippen molar-refractivity contribution in [3.05, 3.63) is 77.4 Å². The quantitative estimate of drug-likeness (QED) is 0.122. The fraction of sp³-hybridized carbons (Fsp3) is 0.571. The van der Waals surface area contributed by atoms with E-state index in [1.54, 1.807) is 0 Å². The molecule has 39 heavy (non-hydrogen) atoms. The van der Waals surface area contributed by atoms with Crippen LogP contribution < -0.4 is 4.57 Å². The molecular weight excluding hydrogens is 590 g/mol. The van der Waals surface area contributed by atoms with Crippen LogP contribution in [-0.2, 0) is 20.4 Å². The van der Waals surface area contributed by atoms with Crippen LogP contribution in [0.1, 0.15) is 153 Å². The monoisotopic (exact) mass is 643 g/mol. The molecule has 3 aromatic rings. The standard InChI is InChI=1S/C35H53N2.ClH.Pd/c1-9-26(10-2)30-19-17-20-31(27(11-3)12-4)34(30)36-23-24-37(25-36)35-32(28(13-5)14-6)21-18-22-33(35)29(15-7)16-8;;/h17-29H,9-16H2,1-8H3;1H;/q+1;;. The molecular formula is C35H54ClN2Pd+. The summed E-state index contributed by atoms with van der Waals surface area (Å²) in [7, 11) is 0. The molecule has 0 radical (unpaired) electrons. The number of halogens is 1. The Labute approximate surface area is 260 Å². The van der Waals surface area contributed by atoms with Gasteiger partial charge in [0.2, 0.25) is 0 Å². The van der Waals surface area contributed by atoms with Crippen LogP contribution in [0.15, 0.2) is 55.1 Å². The Balaban J connectivity index is 0.00000380. The van der Waals surface area contributed by atoms with Crippen LogP contribution in [0.3, 0.4) is 0 Å². The molecule has 3 rings (SSSR count). The second-order valence-corrected chi connectivity index (χ2v) is 10.9. The van der Waals surface area contributed by atoms with Crippen molar-refractivity contribution in [2.75, 3.05) is 0 Å². The zero-order chi connectivity index (χ0) is 26.9. The third kappa shape index (κ3) is 7.67. The Morgan fingerprint density at radius 3 is 1.26 bits per heavy atom. The summed E-state index contributed by atoms with van der Waals surface area (Å²) in [5, 5.41) is 0. The van der Waals surface area contributed by atoms with Crippen molar-refractivity contribution in [3.63, 3.8) is 0 Å². The van der Waals surface area contributed by atoms with E-state index in [0.29, 0.717) is 23.7 Å². The van der Waals surface area contributed by atoms with E-state index < -0.39 is 0 Å². The predicted octanol–water partition coefficient (Wildman–Crippen LogP) is 10.8. The van der Waals surface area contributed by atoms with Crippen molar-refractivity contribution in [1.82, 2.24) is 4.57 Å². The molecule has 220 valence electrons. The molecule has 0 aliphatic rings. The summed E-state index contributed by atoms with van der Waals surface area (Å²) in [4.78, 5) is 0. The van der Waals surface area contributed by atoms with Crippen molar-refractivity contribution < 1.29 is 25.0 Å². The molecule has 0 spiro atoms. The van der Waals surface area contributed by atoms with Gasteiger partial charge in [-0.15, -0.1) is 12.4 Å². The van der Waals surface area contributed by atoms with Crippen LogP contribution in [0, 0.1) is 0 Å². The van der Waals surface area contributed by atoms with Crippen LogP contribution in [0.2, 0.25) is 0 Å². The van der Waals surface area contributed by atoms with Crippen LogP contribution in [0.25, 0.3) is 11.4 Å². The number of imidazole rings is 1. The number of benzene rings is 2. The minimum atomic E-state index is 0. The molecule has 0 saturated heterocycles. The SMILES string of the molecule is CCC(CC)c1cccc(C(CC)CC)c1-n1cc[n+](-c2c(C(CC)CC)cccc2C(CC)CC)c1.Cl.[Pd]. The maximum atomic E-state index is 2.45. The first-order valence-corrected chi connectivity index (χ1v) is 15.4. The molecule has 0 saturated carbocycles. The minimum Gasteiger partial charge on any atom is -0.201 e. The fourth-order valence-electron chi connectivity index (χ4n) is 6.61. The zero-order valence-electron chi connectivity index (χ0n) is 25.8. The zero-order valence-corrected chi connectivity index (χ0v) is 28.2. The summed E-state index contributed by atoms with van der Waals surface area (Å²) >= 11 is 0. The molecule has 1 heterocycles. The first kappa shape index (κ1) is 35.6. The third-order valence-corrected chi connectivity index (χ3v) is 9.05. The molecule has 1 aromatic heterocycles. The smallest absolute Gasteiger partial charge is 0.201 e. The molecule has 0 unspecified atom stereocenters. The Morgan fingerprint density at radius 1 is 0.564 bits per heavy atom. The molecule has 0 aliphatic heterocycles. The Hall–Kier alpha value is -1.40. The molecule has 0 atom stereocenters. The second kappa shape index (κ2) is 17.4. The first-order chi connectivity index (χ1) is 18.0. The van der Waals surface area contributed by atoms with Gasteiger partial charge < -0.3 is 0 Å². The Morgan fingerprint density at radius 2 is 0.897 bits per heavy atom. The third-order valence-electron chi connectivity index (χ3n) is 9.05. The van der Waals surface area contributed by atoms with E-state index in [-0.39, 0.29) is 32.8 Å². The van der Waals surface area contributed by atoms with Crippen LogP contribution >= 0.6 is 12.4 Å². The van der Waals surface area contributed by atoms with Gasteiger partial charge in [0, 0.05) is 42.7 Å². The molecule has 0 aliphatic carbocycles. The van der Waals surface area contributed by atoms with Gasteiger partial charge in [-0.25, -0.2) is 9.13 Å². The van der Waals surface area contributed by atoms with E-state index in [1.807, 2.05) is 0 Å². The average molecular weight is 645 g/mol. The van der Waals surface area contributed by atoms with Crippen LogP contribution in [0.5, 0.6) is 0 Å². The predicted molar refractivity (Wildman–Crippen MR) is 168 cm³/mol. The molecule has 2 nitrogen and oxygen atoms in total. The van der Waals surface area contributed by atoms with Crippen molar-refractivity contribution >= 4 is 12.4 Å². The molecule has 2 aromatic carbocycles. The Kier molecular flexibility index (Phi) is 15.9. The molecule has 0 bridgehead atoms. The van der Waals surface area contributed by atoms with E-state index in [2.05, 4.69) is 120 Å². The second-order valence-electron chi connectivity index (χ2n) is 10.9. The normalized spacial score (nSPS) is 11.4. The van der Waals surface area contributed by atoms with E-state index in [9.17, 15) is 0 Å². The molecule has 4 heteroatoms. The van der Waals surface area contributed by atoms with Gasteiger partial charge in [-0.1, -0.05) is 91.8 Å². The fourth-order valence-corrected chi connectivity index (χ4v) is 6.61. The first-order valence-electron chi connectivity index (χ1n) is 15.4. The van der Waals surface area contributed by atoms with E-state index in [0.717, 1.165) is 0 Å². The average Bonchev–Trinajstić information content (AvgIpc) is 3.41. The van der Waals surface area contributed by atoms with E-state index >= 15 is 0 Å². The number of hydrogen-bond donors (Lipinski definition) is 0. The summed E-state index contributed by atoms with van der Waals surface area (Å²) in [5.74, 6) is 2.32. The van der Waals surface area contributed by atoms with Crippen LogP contribution in [0.4, 0.5) is 0 Å². The molecule has 0 amide bonds. The minimum absolute atomic E-state index is 0. The summed E-state index contributed by atoms with van der Waals surface area (Å²) in [6.45, 7) is 18.7. The number of para-hydroxylation sites is 2. The van der Waals surface area contributed by atoms with Gasteiger partial charge >= 0.3 is 0 Å². The number of rotatable bonds is 14. The van der Waals surface area contributed by atoms with Crippen molar-refractivity contribution in [2.24, 2.45) is 0 Å². The number of nitrogens with zero attached hydrogens (tertiary/aromatic N) is 2. The van der Waals surface area contributed by atoms with Gasteiger partial charge in [0.05, 0.1) is 0 Å². The van der Waals surface area contributed by atoms with Gasteiger partial charge in [-0.05, 0) is 75.0 Å². The van der Waals surface area contributed by atoms with Gasteiger partial charge in [0.1, 0.15) is 23.8 Å². The van der Waals surface area contributed by atoms with E-state index in [1.165, 1.54) is 85.0 Å². The summed E-state index contributed by atoms with van der Waals surface area (Å²) < 4.78 is 4.89. The summed E-state index contributed by atoms with van der Waals surface area (Å²) in [6, 6.07) is 14.1. The summed E-state index contributed by atoms with van der Waals surface area (Å²) in [6.07, 6.45) is 16.4. The molecule has 0 fully saturated rings. The number of aromatic nitrogens is 2. The van der Waals surface area contributed by atoms with Gasteiger partial charge in [-0.2, -0.15) is 0 Å². The van der Waals surface area contributed by atoms with Crippen molar-refractivity contribution in [3.8, 4) is 11.4 Å². The maximum absolute atomic E-state index is 2.45. The van der Waals surface area contributed by atoms with Crippen LogP contribution in [-0.4, -0.2) is 4.57 Å². The van der Waals surface area contributed by atoms with E-state index in [4.69, 9.17) is 0 Å². The maximum Gasteiger partial charge on any atom is 0.254 e. The van der Waals surface area contributed by atoms with Gasteiger partial charge in [-0.3, -0.25) is 0 Å². The largest absolute Gasteiger partial charge is 0.254 e. The van der Waals surface area contributed by atoms with Gasteiger partial charge in [0.15, 0.2) is 0 Å². The van der Waals surface area contributed by atoms with Crippen molar-refractivity contribution in [2.45, 2.75) is 130 Å². The topological polar surface area (TPSA) is 8.81 Å². The summed E-state index contributed by atoms with van der Waals surface area (Å²) in [5.41, 5.74) is 8.87. The molecule has 0 N–H and O–H groups in total. The Bertz CT molecular complexity index is 959. The van der Waals surface area contributed by atoms with Gasteiger partial charge in [0.25, 0.3) is 6.33 Å².